The fourth-order valence-electron chi connectivity index (χ4n) is 2.55. The van der Waals surface area contributed by atoms with Gasteiger partial charge < -0.3 is 14.4 Å². The molecule has 1 aromatic rings. The molecule has 1 aliphatic rings. The fraction of sp³-hybridized carbons (Fsp3) is 0.500. The summed E-state index contributed by atoms with van der Waals surface area (Å²) in [5.41, 5.74) is 1.07. The molecule has 0 fully saturated rings. The molecule has 0 aromatic heterocycles. The lowest BCUT2D eigenvalue weighted by molar-refractivity contribution is -0.0154. The molecule has 6 nitrogen and oxygen atoms in total. The largest absolute Gasteiger partial charge is 0.494 e. The van der Waals surface area contributed by atoms with E-state index in [-0.39, 0.29) is 12.1 Å². The van der Waals surface area contributed by atoms with Gasteiger partial charge in [-0.3, -0.25) is 0 Å². The van der Waals surface area contributed by atoms with E-state index in [0.717, 1.165) is 11.8 Å². The molecule has 2 rings (SSSR count). The van der Waals surface area contributed by atoms with Gasteiger partial charge in [-0.1, -0.05) is 30.3 Å². The molecule has 3 atom stereocenters. The molecule has 1 heterocycles. The van der Waals surface area contributed by atoms with Crippen molar-refractivity contribution < 1.29 is 17.9 Å². The van der Waals surface area contributed by atoms with Crippen molar-refractivity contribution in [3.05, 3.63) is 48.2 Å². The molecule has 128 valence electrons. The number of likely N-dealkylation sites (N-methyl/N-ethyl adjacent to an activating group) is 1. The number of benzene rings is 1. The van der Waals surface area contributed by atoms with E-state index in [1.54, 1.807) is 6.26 Å². The molecule has 0 aliphatic carbocycles. The molecule has 0 saturated heterocycles. The summed E-state index contributed by atoms with van der Waals surface area (Å²) in [4.78, 5) is 1.95. The van der Waals surface area contributed by atoms with Crippen LogP contribution in [0.1, 0.15) is 5.56 Å². The van der Waals surface area contributed by atoms with E-state index in [2.05, 4.69) is 4.72 Å². The van der Waals surface area contributed by atoms with E-state index >= 15 is 0 Å². The monoisotopic (exact) mass is 340 g/mol. The third-order valence-corrected chi connectivity index (χ3v) is 4.34. The van der Waals surface area contributed by atoms with Crippen LogP contribution < -0.4 is 4.72 Å². The highest BCUT2D eigenvalue weighted by atomic mass is 32.2. The average Bonchev–Trinajstić information content (AvgIpc) is 2.48. The Kier molecular flexibility index (Phi) is 6.17. The van der Waals surface area contributed by atoms with Crippen LogP contribution in [0.3, 0.4) is 0 Å². The highest BCUT2D eigenvalue weighted by molar-refractivity contribution is 7.88. The first-order valence-electron chi connectivity index (χ1n) is 7.44. The van der Waals surface area contributed by atoms with Crippen LogP contribution in [0.2, 0.25) is 0 Å². The third-order valence-electron chi connectivity index (χ3n) is 3.64. The molecule has 0 spiro atoms. The molecule has 0 bridgehead atoms. The van der Waals surface area contributed by atoms with Gasteiger partial charge in [0.05, 0.1) is 37.8 Å². The Labute approximate surface area is 138 Å². The van der Waals surface area contributed by atoms with Gasteiger partial charge in [0, 0.05) is 0 Å². The minimum absolute atomic E-state index is 0.0937. The van der Waals surface area contributed by atoms with Crippen LogP contribution in [-0.2, 0) is 26.1 Å². The summed E-state index contributed by atoms with van der Waals surface area (Å²) in [5.74, 6) is 0. The normalized spacial score (nSPS) is 24.6. The van der Waals surface area contributed by atoms with E-state index in [1.165, 1.54) is 0 Å². The van der Waals surface area contributed by atoms with E-state index in [0.29, 0.717) is 13.2 Å². The topological polar surface area (TPSA) is 67.9 Å². The zero-order valence-electron chi connectivity index (χ0n) is 13.7. The van der Waals surface area contributed by atoms with Gasteiger partial charge in [-0.05, 0) is 25.7 Å². The first-order chi connectivity index (χ1) is 10.9. The molecule has 1 N–H and O–H groups in total. The Morgan fingerprint density at radius 3 is 2.57 bits per heavy atom. The first kappa shape index (κ1) is 17.9. The van der Waals surface area contributed by atoms with E-state index in [9.17, 15) is 8.42 Å². The van der Waals surface area contributed by atoms with Gasteiger partial charge in [0.25, 0.3) is 0 Å². The van der Waals surface area contributed by atoms with Crippen molar-refractivity contribution in [1.82, 2.24) is 9.62 Å². The minimum Gasteiger partial charge on any atom is -0.494 e. The Morgan fingerprint density at radius 1 is 1.26 bits per heavy atom. The van der Waals surface area contributed by atoms with Crippen LogP contribution in [0, 0.1) is 0 Å². The van der Waals surface area contributed by atoms with E-state index in [4.69, 9.17) is 9.47 Å². The number of nitrogens with one attached hydrogen (secondary N) is 1. The van der Waals surface area contributed by atoms with Crippen LogP contribution in [0.25, 0.3) is 0 Å². The second-order valence-corrected chi connectivity index (χ2v) is 7.65. The maximum atomic E-state index is 11.7. The van der Waals surface area contributed by atoms with E-state index < -0.39 is 16.1 Å². The van der Waals surface area contributed by atoms with Crippen molar-refractivity contribution in [3.63, 3.8) is 0 Å². The Morgan fingerprint density at radius 2 is 1.96 bits per heavy atom. The number of hydrogen-bond acceptors (Lipinski definition) is 5. The Hall–Kier alpha value is -1.41. The lowest BCUT2D eigenvalue weighted by atomic mass is 10.0. The number of rotatable bonds is 7. The van der Waals surface area contributed by atoms with Gasteiger partial charge in [-0.2, -0.15) is 0 Å². The average molecular weight is 340 g/mol. The second kappa shape index (κ2) is 7.92. The van der Waals surface area contributed by atoms with Crippen molar-refractivity contribution in [3.8, 4) is 0 Å². The molecular formula is C16H24N2O4S. The van der Waals surface area contributed by atoms with Gasteiger partial charge in [-0.25, -0.2) is 13.1 Å². The second-order valence-electron chi connectivity index (χ2n) is 5.87. The van der Waals surface area contributed by atoms with Crippen LogP contribution in [0.5, 0.6) is 0 Å². The predicted octanol–water partition coefficient (Wildman–Crippen LogP) is 0.964. The molecule has 0 saturated carbocycles. The molecule has 23 heavy (non-hydrogen) atoms. The summed E-state index contributed by atoms with van der Waals surface area (Å²) in [6.45, 7) is 0.763. The standard InChI is InChI=1S/C16H24N2O4S/c1-18(2)14-9-10-22-15(16(14)17-23(3,19)20)12-21-11-13-7-5-4-6-8-13/h4-10,14-17H,11-12H2,1-3H3/t14-,15-,16+/m1/s1. The maximum Gasteiger partial charge on any atom is 0.209 e. The summed E-state index contributed by atoms with van der Waals surface area (Å²) in [6, 6.07) is 9.33. The zero-order valence-corrected chi connectivity index (χ0v) is 14.5. The summed E-state index contributed by atoms with van der Waals surface area (Å²) in [5, 5.41) is 0. The van der Waals surface area contributed by atoms with Crippen LogP contribution >= 0.6 is 0 Å². The number of sulfonamides is 1. The summed E-state index contributed by atoms with van der Waals surface area (Å²) in [7, 11) is 0.458. The summed E-state index contributed by atoms with van der Waals surface area (Å²) < 4.78 is 37.3. The van der Waals surface area contributed by atoms with Crippen LogP contribution in [0.4, 0.5) is 0 Å². The molecular weight excluding hydrogens is 316 g/mol. The first-order valence-corrected chi connectivity index (χ1v) is 9.33. The third kappa shape index (κ3) is 5.62. The highest BCUT2D eigenvalue weighted by Crippen LogP contribution is 2.18. The van der Waals surface area contributed by atoms with Gasteiger partial charge in [0.15, 0.2) is 0 Å². The van der Waals surface area contributed by atoms with Crippen molar-refractivity contribution in [2.45, 2.75) is 24.8 Å². The lowest BCUT2D eigenvalue weighted by Gasteiger charge is -2.37. The zero-order chi connectivity index (χ0) is 16.9. The summed E-state index contributed by atoms with van der Waals surface area (Å²) in [6.07, 6.45) is 4.23. The van der Waals surface area contributed by atoms with Gasteiger partial charge in [-0.15, -0.1) is 0 Å². The number of nitrogens with zero attached hydrogens (tertiary/aromatic N) is 1. The van der Waals surface area contributed by atoms with Gasteiger partial charge in [0.2, 0.25) is 10.0 Å². The van der Waals surface area contributed by atoms with Crippen molar-refractivity contribution in [2.75, 3.05) is 27.0 Å². The van der Waals surface area contributed by atoms with E-state index in [1.807, 2.05) is 55.4 Å². The smallest absolute Gasteiger partial charge is 0.209 e. The molecule has 0 radical (unpaired) electrons. The molecule has 0 unspecified atom stereocenters. The lowest BCUT2D eigenvalue weighted by Crippen LogP contribution is -2.57. The molecule has 0 amide bonds. The van der Waals surface area contributed by atoms with Crippen LogP contribution in [-0.4, -0.2) is 58.5 Å². The quantitative estimate of drug-likeness (QED) is 0.801. The molecule has 1 aromatic carbocycles. The highest BCUT2D eigenvalue weighted by Gasteiger charge is 2.35. The maximum absolute atomic E-state index is 11.7. The Balaban J connectivity index is 2.01. The molecule has 7 heteroatoms. The summed E-state index contributed by atoms with van der Waals surface area (Å²) >= 11 is 0. The SMILES string of the molecule is CN(C)[C@@H]1C=CO[C@H](COCc2ccccc2)[C@H]1NS(C)(=O)=O. The Bertz CT molecular complexity index is 616. The van der Waals surface area contributed by atoms with Crippen molar-refractivity contribution >= 4 is 10.0 Å². The van der Waals surface area contributed by atoms with Crippen LogP contribution in [0.15, 0.2) is 42.7 Å². The number of hydrogen-bond donors (Lipinski definition) is 1. The minimum atomic E-state index is -3.35. The predicted molar refractivity (Wildman–Crippen MR) is 89.4 cm³/mol. The van der Waals surface area contributed by atoms with Crippen molar-refractivity contribution in [1.29, 1.82) is 0 Å². The van der Waals surface area contributed by atoms with Gasteiger partial charge in [0.1, 0.15) is 6.10 Å². The van der Waals surface area contributed by atoms with Crippen molar-refractivity contribution in [2.24, 2.45) is 0 Å². The number of ether oxygens (including phenoxy) is 2. The molecule has 1 aliphatic heterocycles. The fourth-order valence-corrected chi connectivity index (χ4v) is 3.33. The van der Waals surface area contributed by atoms with Gasteiger partial charge >= 0.3 is 0 Å².